The van der Waals surface area contributed by atoms with Crippen molar-refractivity contribution >= 4 is 5.91 Å². The number of nitrogens with zero attached hydrogens (tertiary/aromatic N) is 1. The van der Waals surface area contributed by atoms with Gasteiger partial charge in [-0.15, -0.1) is 0 Å². The minimum atomic E-state index is 0.295. The average Bonchev–Trinajstić information content (AvgIpc) is 2.55. The summed E-state index contributed by atoms with van der Waals surface area (Å²) >= 11 is 0. The van der Waals surface area contributed by atoms with Gasteiger partial charge in [-0.25, -0.2) is 0 Å². The number of amides is 1. The molecule has 1 rings (SSSR count). The minimum Gasteiger partial charge on any atom is -0.342 e. The normalized spacial score (nSPS) is 28.1. The largest absolute Gasteiger partial charge is 0.342 e. The summed E-state index contributed by atoms with van der Waals surface area (Å²) in [5.74, 6) is 1.95. The van der Waals surface area contributed by atoms with Crippen molar-refractivity contribution in [1.29, 1.82) is 0 Å². The van der Waals surface area contributed by atoms with Gasteiger partial charge in [0.25, 0.3) is 0 Å². The molecule has 0 spiro atoms. The standard InChI is InChI=1S/C12H24N2O/c1-4-11(6-13)5-12(15)14-7-9(2)10(3)8-14/h9-11H,4-8,13H2,1-3H3. The third kappa shape index (κ3) is 3.20. The van der Waals surface area contributed by atoms with Gasteiger partial charge in [-0.3, -0.25) is 4.79 Å². The van der Waals surface area contributed by atoms with Crippen LogP contribution < -0.4 is 5.73 Å². The van der Waals surface area contributed by atoms with E-state index in [1.807, 2.05) is 4.90 Å². The Morgan fingerprint density at radius 2 is 1.93 bits per heavy atom. The molecule has 1 aliphatic heterocycles. The van der Waals surface area contributed by atoms with Crippen molar-refractivity contribution in [3.05, 3.63) is 0 Å². The molecular weight excluding hydrogens is 188 g/mol. The summed E-state index contributed by atoms with van der Waals surface area (Å²) in [6, 6.07) is 0. The van der Waals surface area contributed by atoms with E-state index in [1.165, 1.54) is 0 Å². The van der Waals surface area contributed by atoms with Gasteiger partial charge in [-0.2, -0.15) is 0 Å². The van der Waals surface area contributed by atoms with Gasteiger partial charge in [0.1, 0.15) is 0 Å². The Kier molecular flexibility index (Phi) is 4.58. The average molecular weight is 212 g/mol. The SMILES string of the molecule is CCC(CN)CC(=O)N1CC(C)C(C)C1. The van der Waals surface area contributed by atoms with Crippen LogP contribution in [-0.2, 0) is 4.79 Å². The summed E-state index contributed by atoms with van der Waals surface area (Å²) in [4.78, 5) is 13.9. The Balaban J connectivity index is 2.41. The van der Waals surface area contributed by atoms with E-state index in [1.54, 1.807) is 0 Å². The van der Waals surface area contributed by atoms with E-state index in [-0.39, 0.29) is 0 Å². The van der Waals surface area contributed by atoms with Crippen molar-refractivity contribution in [2.75, 3.05) is 19.6 Å². The van der Waals surface area contributed by atoms with Crippen molar-refractivity contribution < 1.29 is 4.79 Å². The van der Waals surface area contributed by atoms with Gasteiger partial charge in [0.15, 0.2) is 0 Å². The first-order chi connectivity index (χ1) is 7.08. The second-order valence-corrected chi connectivity index (χ2v) is 4.97. The Labute approximate surface area is 93.0 Å². The second-order valence-electron chi connectivity index (χ2n) is 4.97. The molecule has 1 amide bonds. The molecule has 88 valence electrons. The fourth-order valence-corrected chi connectivity index (χ4v) is 2.10. The van der Waals surface area contributed by atoms with Crippen LogP contribution in [0.5, 0.6) is 0 Å². The van der Waals surface area contributed by atoms with Crippen molar-refractivity contribution in [3.8, 4) is 0 Å². The lowest BCUT2D eigenvalue weighted by molar-refractivity contribution is -0.131. The molecule has 0 aromatic heterocycles. The highest BCUT2D eigenvalue weighted by atomic mass is 16.2. The van der Waals surface area contributed by atoms with Crippen LogP contribution in [0.15, 0.2) is 0 Å². The summed E-state index contributed by atoms with van der Waals surface area (Å²) in [5.41, 5.74) is 5.61. The molecule has 0 aromatic rings. The molecule has 3 atom stereocenters. The molecule has 1 aliphatic rings. The summed E-state index contributed by atoms with van der Waals surface area (Å²) in [6.07, 6.45) is 1.63. The van der Waals surface area contributed by atoms with E-state index >= 15 is 0 Å². The molecular formula is C12H24N2O. The van der Waals surface area contributed by atoms with Crippen LogP contribution in [-0.4, -0.2) is 30.4 Å². The molecule has 3 nitrogen and oxygen atoms in total. The van der Waals surface area contributed by atoms with Crippen LogP contribution in [0, 0.1) is 17.8 Å². The molecule has 2 N–H and O–H groups in total. The van der Waals surface area contributed by atoms with Crippen LogP contribution >= 0.6 is 0 Å². The Morgan fingerprint density at radius 3 is 2.33 bits per heavy atom. The second kappa shape index (κ2) is 5.50. The van der Waals surface area contributed by atoms with Crippen LogP contribution in [0.4, 0.5) is 0 Å². The minimum absolute atomic E-state index is 0.295. The molecule has 0 bridgehead atoms. The molecule has 0 radical (unpaired) electrons. The number of rotatable bonds is 4. The van der Waals surface area contributed by atoms with Crippen molar-refractivity contribution in [3.63, 3.8) is 0 Å². The zero-order chi connectivity index (χ0) is 11.4. The molecule has 0 aliphatic carbocycles. The Morgan fingerprint density at radius 1 is 1.40 bits per heavy atom. The first-order valence-corrected chi connectivity index (χ1v) is 6.06. The summed E-state index contributed by atoms with van der Waals surface area (Å²) < 4.78 is 0. The lowest BCUT2D eigenvalue weighted by atomic mass is 10.0. The maximum Gasteiger partial charge on any atom is 0.222 e. The van der Waals surface area contributed by atoms with E-state index in [2.05, 4.69) is 20.8 Å². The van der Waals surface area contributed by atoms with Crippen molar-refractivity contribution in [2.24, 2.45) is 23.5 Å². The fraction of sp³-hybridized carbons (Fsp3) is 0.917. The first-order valence-electron chi connectivity index (χ1n) is 6.06. The van der Waals surface area contributed by atoms with E-state index in [0.717, 1.165) is 19.5 Å². The van der Waals surface area contributed by atoms with Gasteiger partial charge in [-0.05, 0) is 24.3 Å². The molecule has 3 heteroatoms. The molecule has 1 saturated heterocycles. The maximum absolute atomic E-state index is 11.9. The van der Waals surface area contributed by atoms with E-state index < -0.39 is 0 Å². The van der Waals surface area contributed by atoms with E-state index in [0.29, 0.717) is 36.6 Å². The van der Waals surface area contributed by atoms with Crippen LogP contribution in [0.3, 0.4) is 0 Å². The quantitative estimate of drug-likeness (QED) is 0.767. The number of nitrogens with two attached hydrogens (primary N) is 1. The lowest BCUT2D eigenvalue weighted by Gasteiger charge is -2.19. The highest BCUT2D eigenvalue weighted by Crippen LogP contribution is 2.23. The van der Waals surface area contributed by atoms with Gasteiger partial charge >= 0.3 is 0 Å². The third-order valence-corrected chi connectivity index (χ3v) is 3.71. The van der Waals surface area contributed by atoms with Crippen LogP contribution in [0.2, 0.25) is 0 Å². The summed E-state index contributed by atoms with van der Waals surface area (Å²) in [7, 11) is 0. The molecule has 3 unspecified atom stereocenters. The number of hydrogen-bond acceptors (Lipinski definition) is 2. The van der Waals surface area contributed by atoms with Gasteiger partial charge in [0.2, 0.25) is 5.91 Å². The monoisotopic (exact) mass is 212 g/mol. The molecule has 0 aromatic carbocycles. The Hall–Kier alpha value is -0.570. The van der Waals surface area contributed by atoms with Gasteiger partial charge in [0.05, 0.1) is 0 Å². The zero-order valence-corrected chi connectivity index (χ0v) is 10.2. The summed E-state index contributed by atoms with van der Waals surface area (Å²) in [5, 5.41) is 0. The fourth-order valence-electron chi connectivity index (χ4n) is 2.10. The van der Waals surface area contributed by atoms with Crippen LogP contribution in [0.25, 0.3) is 0 Å². The highest BCUT2D eigenvalue weighted by Gasteiger charge is 2.29. The number of likely N-dealkylation sites (tertiary alicyclic amines) is 1. The first kappa shape index (κ1) is 12.5. The molecule has 15 heavy (non-hydrogen) atoms. The topological polar surface area (TPSA) is 46.3 Å². The predicted molar refractivity (Wildman–Crippen MR) is 62.4 cm³/mol. The molecule has 1 heterocycles. The predicted octanol–water partition coefficient (Wildman–Crippen LogP) is 1.48. The zero-order valence-electron chi connectivity index (χ0n) is 10.2. The number of carbonyl (C=O) groups excluding carboxylic acids is 1. The van der Waals surface area contributed by atoms with Gasteiger partial charge in [-0.1, -0.05) is 27.2 Å². The van der Waals surface area contributed by atoms with E-state index in [9.17, 15) is 4.79 Å². The van der Waals surface area contributed by atoms with Crippen molar-refractivity contribution in [2.45, 2.75) is 33.6 Å². The van der Waals surface area contributed by atoms with Gasteiger partial charge in [0, 0.05) is 19.5 Å². The Bertz CT molecular complexity index is 204. The molecule has 0 saturated carbocycles. The van der Waals surface area contributed by atoms with E-state index in [4.69, 9.17) is 5.73 Å². The number of hydrogen-bond donors (Lipinski definition) is 1. The summed E-state index contributed by atoms with van der Waals surface area (Å²) in [6.45, 7) is 9.03. The van der Waals surface area contributed by atoms with Crippen LogP contribution in [0.1, 0.15) is 33.6 Å². The molecule has 1 fully saturated rings. The highest BCUT2D eigenvalue weighted by molar-refractivity contribution is 5.76. The van der Waals surface area contributed by atoms with Crippen molar-refractivity contribution in [1.82, 2.24) is 4.90 Å². The van der Waals surface area contributed by atoms with Gasteiger partial charge < -0.3 is 10.6 Å². The lowest BCUT2D eigenvalue weighted by Crippen LogP contribution is -2.31. The third-order valence-electron chi connectivity index (χ3n) is 3.71. The number of carbonyl (C=O) groups is 1. The maximum atomic E-state index is 11.9. The smallest absolute Gasteiger partial charge is 0.222 e.